The largest absolute Gasteiger partial charge is 0.435 e. The van der Waals surface area contributed by atoms with E-state index in [1.54, 1.807) is 30.3 Å². The highest BCUT2D eigenvalue weighted by Crippen LogP contribution is 2.31. The summed E-state index contributed by atoms with van der Waals surface area (Å²) in [5, 5.41) is 3.57. The molecule has 9 heteroatoms. The Kier molecular flexibility index (Phi) is 5.37. The van der Waals surface area contributed by atoms with Crippen molar-refractivity contribution in [1.82, 2.24) is 9.78 Å². The number of benzene rings is 2. The third-order valence-corrected chi connectivity index (χ3v) is 4.76. The van der Waals surface area contributed by atoms with E-state index in [0.717, 1.165) is 10.7 Å². The highest BCUT2D eigenvalue weighted by atomic mass is 32.2. The predicted octanol–water partition coefficient (Wildman–Crippen LogP) is 3.79. The molecule has 0 amide bonds. The maximum atomic E-state index is 12.9. The summed E-state index contributed by atoms with van der Waals surface area (Å²) >= 11 is 0. The molecule has 0 fully saturated rings. The molecule has 0 spiro atoms. The molecule has 0 aliphatic heterocycles. The van der Waals surface area contributed by atoms with Crippen LogP contribution in [0.3, 0.4) is 0 Å². The van der Waals surface area contributed by atoms with Gasteiger partial charge in [-0.05, 0) is 41.8 Å². The number of nitrogens with zero attached hydrogens (tertiary/aromatic N) is 2. The average Bonchev–Trinajstić information content (AvgIpc) is 3.03. The van der Waals surface area contributed by atoms with E-state index in [1.165, 1.54) is 19.1 Å². The minimum atomic E-state index is -4.58. The van der Waals surface area contributed by atoms with Crippen LogP contribution in [0.15, 0.2) is 48.5 Å². The zero-order chi connectivity index (χ0) is 20.5. The number of halogens is 3. The van der Waals surface area contributed by atoms with E-state index < -0.39 is 22.6 Å². The maximum Gasteiger partial charge on any atom is 0.435 e. The van der Waals surface area contributed by atoms with Crippen molar-refractivity contribution in [2.75, 3.05) is 0 Å². The van der Waals surface area contributed by atoms with Crippen LogP contribution in [0.4, 0.5) is 13.2 Å². The first-order valence-electron chi connectivity index (χ1n) is 8.13. The number of hydrogen-bond donors (Lipinski definition) is 1. The molecule has 2 aromatic carbocycles. The van der Waals surface area contributed by atoms with E-state index in [-0.39, 0.29) is 22.7 Å². The summed E-state index contributed by atoms with van der Waals surface area (Å²) in [6.45, 7) is 1.47. The molecule has 1 heterocycles. The summed E-state index contributed by atoms with van der Waals surface area (Å²) in [6, 6.07) is 12.4. The molecule has 0 N–H and O–H groups in total. The Bertz CT molecular complexity index is 1110. The van der Waals surface area contributed by atoms with Crippen molar-refractivity contribution in [3.8, 4) is 16.8 Å². The van der Waals surface area contributed by atoms with Crippen LogP contribution in [0.25, 0.3) is 16.8 Å². The smallest absolute Gasteiger partial charge is 0.298 e. The Morgan fingerprint density at radius 2 is 1.79 bits per heavy atom. The highest BCUT2D eigenvalue weighted by molar-refractivity contribution is 7.71. The second-order valence-electron chi connectivity index (χ2n) is 6.16. The van der Waals surface area contributed by atoms with Gasteiger partial charge in [-0.1, -0.05) is 30.3 Å². The predicted molar refractivity (Wildman–Crippen MR) is 98.1 cm³/mol. The second-order valence-corrected chi connectivity index (χ2v) is 7.14. The molecule has 3 aromatic rings. The van der Waals surface area contributed by atoms with Gasteiger partial charge in [0.2, 0.25) is 0 Å². The third kappa shape index (κ3) is 4.14. The molecule has 3 rings (SSSR count). The van der Waals surface area contributed by atoms with E-state index >= 15 is 0 Å². The summed E-state index contributed by atoms with van der Waals surface area (Å²) < 4.78 is 61.6. The zero-order valence-corrected chi connectivity index (χ0v) is 15.5. The fraction of sp³-hybridized carbons (Fsp3) is 0.158. The molecule has 0 aliphatic carbocycles. The number of thiol groups is 1. The van der Waals surface area contributed by atoms with Crippen molar-refractivity contribution >= 4 is 17.0 Å². The normalized spacial score (nSPS) is 11.8. The van der Waals surface area contributed by atoms with Crippen molar-refractivity contribution in [2.24, 2.45) is 0 Å². The van der Waals surface area contributed by atoms with Crippen molar-refractivity contribution in [3.63, 3.8) is 0 Å². The molecule has 146 valence electrons. The van der Waals surface area contributed by atoms with Crippen LogP contribution in [-0.2, 0) is 22.6 Å². The molecule has 5 nitrogen and oxygen atoms in total. The fourth-order valence-electron chi connectivity index (χ4n) is 2.88. The van der Waals surface area contributed by atoms with Gasteiger partial charge < -0.3 is 0 Å². The molecule has 0 saturated carbocycles. The molecule has 0 atom stereocenters. The van der Waals surface area contributed by atoms with Crippen LogP contribution < -0.4 is 0 Å². The summed E-state index contributed by atoms with van der Waals surface area (Å²) in [5.74, 6) is -0.103. The summed E-state index contributed by atoms with van der Waals surface area (Å²) in [4.78, 5) is 11.6. The Balaban J connectivity index is 2.05. The zero-order valence-electron chi connectivity index (χ0n) is 14.6. The number of hydrogen-bond acceptors (Lipinski definition) is 4. The lowest BCUT2D eigenvalue weighted by Crippen LogP contribution is -2.08. The van der Waals surface area contributed by atoms with Crippen molar-refractivity contribution in [3.05, 3.63) is 71.0 Å². The number of aromatic nitrogens is 2. The van der Waals surface area contributed by atoms with Crippen LogP contribution >= 0.6 is 0 Å². The molecule has 1 aromatic heterocycles. The highest BCUT2D eigenvalue weighted by Gasteiger charge is 2.34. The average molecular weight is 408 g/mol. The standard InChI is InChI=1S/C19H15F3N2O3S/c1-12-7-18(19(20,21)22)23-24(12)17-6-5-15(9-16(17)10-25)14-4-2-3-13(8-14)11-28(26)27/h2-10,28H,11H2,1H3. The molecule has 0 aliphatic rings. The van der Waals surface area contributed by atoms with Gasteiger partial charge >= 0.3 is 6.18 Å². The van der Waals surface area contributed by atoms with E-state index in [2.05, 4.69) is 5.10 Å². The van der Waals surface area contributed by atoms with Gasteiger partial charge in [-0.25, -0.2) is 13.1 Å². The molecule has 28 heavy (non-hydrogen) atoms. The topological polar surface area (TPSA) is 69.0 Å². The Hall–Kier alpha value is -2.94. The summed E-state index contributed by atoms with van der Waals surface area (Å²) in [7, 11) is -2.57. The number of alkyl halides is 3. The van der Waals surface area contributed by atoms with E-state index in [9.17, 15) is 26.4 Å². The quantitative estimate of drug-likeness (QED) is 0.515. The molecular weight excluding hydrogens is 393 g/mol. The number of aryl methyl sites for hydroxylation is 1. The van der Waals surface area contributed by atoms with Gasteiger partial charge in [-0.15, -0.1) is 0 Å². The van der Waals surface area contributed by atoms with Crippen LogP contribution in [0.2, 0.25) is 0 Å². The van der Waals surface area contributed by atoms with E-state index in [0.29, 0.717) is 23.0 Å². The Morgan fingerprint density at radius 3 is 2.39 bits per heavy atom. The molecule has 0 radical (unpaired) electrons. The molecule has 0 unspecified atom stereocenters. The maximum absolute atomic E-state index is 12.9. The second kappa shape index (κ2) is 7.59. The van der Waals surface area contributed by atoms with Crippen LogP contribution in [0, 0.1) is 6.92 Å². The number of aldehydes is 1. The first kappa shape index (κ1) is 19.8. The van der Waals surface area contributed by atoms with Gasteiger partial charge in [0, 0.05) is 11.3 Å². The number of carbonyl (C=O) groups excluding carboxylic acids is 1. The lowest BCUT2D eigenvalue weighted by atomic mass is 10.0. The number of rotatable bonds is 5. The summed E-state index contributed by atoms with van der Waals surface area (Å²) in [6.07, 6.45) is -4.04. The fourth-order valence-corrected chi connectivity index (χ4v) is 3.37. The van der Waals surface area contributed by atoms with Gasteiger partial charge in [0.05, 0.1) is 11.4 Å². The first-order chi connectivity index (χ1) is 13.2. The van der Waals surface area contributed by atoms with Crippen LogP contribution in [-0.4, -0.2) is 24.5 Å². The van der Waals surface area contributed by atoms with Gasteiger partial charge in [-0.2, -0.15) is 18.3 Å². The Labute approximate surface area is 160 Å². The van der Waals surface area contributed by atoms with E-state index in [1.807, 2.05) is 0 Å². The minimum Gasteiger partial charge on any atom is -0.298 e. The SMILES string of the molecule is Cc1cc(C(F)(F)F)nn1-c1ccc(-c2cccc(C[SH](=O)=O)c2)cc1C=O. The van der Waals surface area contributed by atoms with Crippen molar-refractivity contribution in [1.29, 1.82) is 0 Å². The lowest BCUT2D eigenvalue weighted by molar-refractivity contribution is -0.141. The molecular formula is C19H15F3N2O3S. The lowest BCUT2D eigenvalue weighted by Gasteiger charge is -2.11. The number of carbonyl (C=O) groups is 1. The van der Waals surface area contributed by atoms with Crippen molar-refractivity contribution < 1.29 is 26.4 Å². The third-order valence-electron chi connectivity index (χ3n) is 4.13. The van der Waals surface area contributed by atoms with Gasteiger partial charge in [0.25, 0.3) is 0 Å². The minimum absolute atomic E-state index is 0.103. The Morgan fingerprint density at radius 1 is 1.07 bits per heavy atom. The van der Waals surface area contributed by atoms with Gasteiger partial charge in [0.1, 0.15) is 10.7 Å². The van der Waals surface area contributed by atoms with Crippen LogP contribution in [0.5, 0.6) is 0 Å². The molecule has 0 bridgehead atoms. The van der Waals surface area contributed by atoms with E-state index in [4.69, 9.17) is 0 Å². The van der Waals surface area contributed by atoms with Crippen molar-refractivity contribution in [2.45, 2.75) is 18.9 Å². The summed E-state index contributed by atoms with van der Waals surface area (Å²) in [5.41, 5.74) is 1.52. The van der Waals surface area contributed by atoms with Gasteiger partial charge in [0.15, 0.2) is 12.0 Å². The molecule has 0 saturated heterocycles. The monoisotopic (exact) mass is 408 g/mol. The van der Waals surface area contributed by atoms with Gasteiger partial charge in [-0.3, -0.25) is 4.79 Å². The first-order valence-corrected chi connectivity index (χ1v) is 9.50. The van der Waals surface area contributed by atoms with Crippen LogP contribution in [0.1, 0.15) is 27.3 Å².